The summed E-state index contributed by atoms with van der Waals surface area (Å²) >= 11 is 0. The van der Waals surface area contributed by atoms with Gasteiger partial charge in [-0.05, 0) is 55.3 Å². The molecule has 0 aromatic carbocycles. The molecule has 5 atom stereocenters. The summed E-state index contributed by atoms with van der Waals surface area (Å²) in [6.45, 7) is 20.7. The van der Waals surface area contributed by atoms with Crippen molar-refractivity contribution in [3.8, 4) is 0 Å². The number of Topliss-reactive ketones (excluding diaryl/α,β-unsaturated/α-hetero) is 2. The Hall–Kier alpha value is -3.24. The first-order chi connectivity index (χ1) is 20.9. The molecule has 1 saturated heterocycles. The monoisotopic (exact) mass is 631 g/mol. The first-order valence-corrected chi connectivity index (χ1v) is 16.5. The van der Waals surface area contributed by atoms with E-state index in [1.54, 1.807) is 0 Å². The maximum atomic E-state index is 14.0. The van der Waals surface area contributed by atoms with Crippen molar-refractivity contribution in [1.82, 2.24) is 26.2 Å². The Morgan fingerprint density at radius 3 is 1.91 bits per heavy atom. The fourth-order valence-corrected chi connectivity index (χ4v) is 5.39. The van der Waals surface area contributed by atoms with Gasteiger partial charge in [0.2, 0.25) is 17.6 Å². The molecule has 254 valence electrons. The highest BCUT2D eigenvalue weighted by Crippen LogP contribution is 2.34. The summed E-state index contributed by atoms with van der Waals surface area (Å²) in [4.78, 5) is 79.5. The second kappa shape index (κ2) is 16.4. The van der Waals surface area contributed by atoms with Crippen LogP contribution in [0.3, 0.4) is 0 Å². The van der Waals surface area contributed by atoms with Crippen molar-refractivity contribution >= 4 is 35.3 Å². The van der Waals surface area contributed by atoms with Crippen molar-refractivity contribution < 1.29 is 28.8 Å². The number of amides is 5. The van der Waals surface area contributed by atoms with Crippen molar-refractivity contribution in [1.29, 1.82) is 0 Å². The van der Waals surface area contributed by atoms with Crippen LogP contribution >= 0.6 is 0 Å². The van der Waals surface area contributed by atoms with E-state index in [9.17, 15) is 28.8 Å². The summed E-state index contributed by atoms with van der Waals surface area (Å²) in [7, 11) is 0. The number of carbonyl (C=O) groups is 6. The van der Waals surface area contributed by atoms with Crippen molar-refractivity contribution in [3.05, 3.63) is 12.7 Å². The van der Waals surface area contributed by atoms with E-state index in [0.29, 0.717) is 13.0 Å². The number of hydrogen-bond donors (Lipinski definition) is 4. The Labute approximate surface area is 269 Å². The second-order valence-electron chi connectivity index (χ2n) is 14.8. The molecule has 5 amide bonds. The molecule has 3 rings (SSSR count). The van der Waals surface area contributed by atoms with Crippen LogP contribution in [0.1, 0.15) is 94.4 Å². The van der Waals surface area contributed by atoms with Gasteiger partial charge < -0.3 is 26.2 Å². The summed E-state index contributed by atoms with van der Waals surface area (Å²) in [6, 6.07) is -4.25. The molecule has 1 heterocycles. The van der Waals surface area contributed by atoms with Crippen LogP contribution in [0.4, 0.5) is 4.79 Å². The average molecular weight is 632 g/mol. The number of urea groups is 1. The van der Waals surface area contributed by atoms with E-state index in [1.807, 2.05) is 48.5 Å². The third-order valence-electron chi connectivity index (χ3n) is 8.73. The lowest BCUT2D eigenvalue weighted by molar-refractivity contribution is -0.144. The number of nitrogens with one attached hydrogen (secondary N) is 4. The molecule has 0 spiro atoms. The molecule has 11 nitrogen and oxygen atoms in total. The summed E-state index contributed by atoms with van der Waals surface area (Å²) in [5.74, 6) is -1.77. The van der Waals surface area contributed by atoms with Gasteiger partial charge in [0.05, 0.1) is 12.1 Å². The average Bonchev–Trinajstić information content (AvgIpc) is 3.90. The molecule has 3 fully saturated rings. The molecule has 2 aliphatic carbocycles. The van der Waals surface area contributed by atoms with Crippen LogP contribution in [0.5, 0.6) is 0 Å². The predicted molar refractivity (Wildman–Crippen MR) is 174 cm³/mol. The molecular weight excluding hydrogens is 574 g/mol. The fraction of sp³-hybridized carbons (Fsp3) is 0.765. The molecule has 0 aromatic rings. The van der Waals surface area contributed by atoms with Gasteiger partial charge in [-0.3, -0.25) is 24.0 Å². The van der Waals surface area contributed by atoms with E-state index < -0.39 is 59.1 Å². The van der Waals surface area contributed by atoms with Gasteiger partial charge >= 0.3 is 6.03 Å². The third-order valence-corrected chi connectivity index (χ3v) is 8.73. The molecule has 3 aliphatic rings. The Balaban J connectivity index is 0.00000162. The largest absolute Gasteiger partial charge is 0.346 e. The summed E-state index contributed by atoms with van der Waals surface area (Å²) in [6.07, 6.45) is 6.64. The van der Waals surface area contributed by atoms with Gasteiger partial charge in [-0.1, -0.05) is 74.3 Å². The first-order valence-electron chi connectivity index (χ1n) is 16.5. The van der Waals surface area contributed by atoms with Crippen molar-refractivity contribution in [2.24, 2.45) is 35.0 Å². The van der Waals surface area contributed by atoms with Crippen LogP contribution in [0.2, 0.25) is 0 Å². The Morgan fingerprint density at radius 1 is 0.889 bits per heavy atom. The minimum atomic E-state index is -1.10. The van der Waals surface area contributed by atoms with Gasteiger partial charge in [-0.15, -0.1) is 6.58 Å². The number of hydrogen-bond acceptors (Lipinski definition) is 6. The summed E-state index contributed by atoms with van der Waals surface area (Å²) in [5.41, 5.74) is -0.717. The normalized spacial score (nSPS) is 21.5. The zero-order valence-corrected chi connectivity index (χ0v) is 28.8. The zero-order valence-electron chi connectivity index (χ0n) is 28.8. The molecule has 0 bridgehead atoms. The van der Waals surface area contributed by atoms with Crippen molar-refractivity contribution in [2.45, 2.75) is 119 Å². The SMILES string of the molecule is C=CCNC(=O)C(=O)C(C)NC(=O)C1C(C(C)C)CCN1C(=O)C(NC(=O)NC(C(=O)C1CC1)C(C)C)C(C)(C)C.CC1CC1. The highest BCUT2D eigenvalue weighted by Gasteiger charge is 2.47. The van der Waals surface area contributed by atoms with Crippen LogP contribution in [0.15, 0.2) is 12.7 Å². The standard InChI is InChI=1S/C30H49N5O6.C4H8/c1-10-14-31-27(39)23(36)18(6)32-26(38)22-20(16(2)3)13-15-35(22)28(40)25(30(7,8)9)34-29(41)33-21(17(4)5)24(37)19-11-12-19;1-4-2-3-4/h10,16-22,25H,1,11-15H2,2-9H3,(H,31,39)(H,32,38)(H2,33,34,41);4H,2-3H2,1H3. The lowest BCUT2D eigenvalue weighted by Gasteiger charge is -2.37. The van der Waals surface area contributed by atoms with Crippen LogP contribution in [-0.4, -0.2) is 77.5 Å². The third kappa shape index (κ3) is 11.3. The highest BCUT2D eigenvalue weighted by molar-refractivity contribution is 6.38. The van der Waals surface area contributed by atoms with Crippen molar-refractivity contribution in [3.63, 3.8) is 0 Å². The molecular formula is C34H57N5O6. The van der Waals surface area contributed by atoms with E-state index >= 15 is 0 Å². The van der Waals surface area contributed by atoms with E-state index in [0.717, 1.165) is 18.8 Å². The molecule has 0 aromatic heterocycles. The van der Waals surface area contributed by atoms with Gasteiger partial charge in [0, 0.05) is 19.0 Å². The van der Waals surface area contributed by atoms with Gasteiger partial charge in [-0.2, -0.15) is 0 Å². The molecule has 1 aliphatic heterocycles. The summed E-state index contributed by atoms with van der Waals surface area (Å²) < 4.78 is 0. The predicted octanol–water partition coefficient (Wildman–Crippen LogP) is 3.37. The topological polar surface area (TPSA) is 154 Å². The quantitative estimate of drug-likeness (QED) is 0.181. The highest BCUT2D eigenvalue weighted by atomic mass is 16.2. The number of carbonyl (C=O) groups excluding carboxylic acids is 6. The second-order valence-corrected chi connectivity index (χ2v) is 14.8. The number of nitrogens with zero attached hydrogens (tertiary/aromatic N) is 1. The fourth-order valence-electron chi connectivity index (χ4n) is 5.39. The van der Waals surface area contributed by atoms with E-state index in [4.69, 9.17) is 0 Å². The van der Waals surface area contributed by atoms with Gasteiger partial charge in [0.1, 0.15) is 12.1 Å². The number of ketones is 2. The zero-order chi connectivity index (χ0) is 34.2. The number of likely N-dealkylation sites (tertiary alicyclic amines) is 1. The van der Waals surface area contributed by atoms with Gasteiger partial charge in [0.15, 0.2) is 5.78 Å². The van der Waals surface area contributed by atoms with Gasteiger partial charge in [0.25, 0.3) is 5.91 Å². The minimum Gasteiger partial charge on any atom is -0.346 e. The smallest absolute Gasteiger partial charge is 0.316 e. The van der Waals surface area contributed by atoms with Gasteiger partial charge in [-0.25, -0.2) is 4.79 Å². The Bertz CT molecular complexity index is 1100. The molecule has 11 heteroatoms. The van der Waals surface area contributed by atoms with E-state index in [2.05, 4.69) is 34.8 Å². The van der Waals surface area contributed by atoms with Crippen LogP contribution < -0.4 is 21.3 Å². The first kappa shape index (κ1) is 37.9. The molecule has 5 unspecified atom stereocenters. The lowest BCUT2D eigenvalue weighted by atomic mass is 9.84. The molecule has 45 heavy (non-hydrogen) atoms. The maximum Gasteiger partial charge on any atom is 0.316 e. The number of rotatable bonds is 13. The van der Waals surface area contributed by atoms with Crippen LogP contribution in [0, 0.1) is 35.0 Å². The van der Waals surface area contributed by atoms with E-state index in [1.165, 1.54) is 30.7 Å². The van der Waals surface area contributed by atoms with Crippen molar-refractivity contribution in [2.75, 3.05) is 13.1 Å². The van der Waals surface area contributed by atoms with Crippen LogP contribution in [0.25, 0.3) is 0 Å². The Kier molecular flexibility index (Phi) is 13.8. The van der Waals surface area contributed by atoms with Crippen LogP contribution in [-0.2, 0) is 24.0 Å². The molecule has 4 N–H and O–H groups in total. The summed E-state index contributed by atoms with van der Waals surface area (Å²) in [5, 5.41) is 10.6. The minimum absolute atomic E-state index is 0.00618. The Morgan fingerprint density at radius 2 is 1.47 bits per heavy atom. The molecule has 0 radical (unpaired) electrons. The molecule has 2 saturated carbocycles. The maximum absolute atomic E-state index is 14.0. The van der Waals surface area contributed by atoms with E-state index in [-0.39, 0.29) is 36.0 Å². The lowest BCUT2D eigenvalue weighted by Crippen LogP contribution is -2.61.